The van der Waals surface area contributed by atoms with E-state index >= 15 is 0 Å². The van der Waals surface area contributed by atoms with Crippen molar-refractivity contribution in [3.05, 3.63) is 59.9 Å². The molecular weight excluding hydrogens is 343 g/mol. The lowest BCUT2D eigenvalue weighted by atomic mass is 10.2. The van der Waals surface area contributed by atoms with Crippen LogP contribution in [0.2, 0.25) is 0 Å². The predicted molar refractivity (Wildman–Crippen MR) is 94.7 cm³/mol. The van der Waals surface area contributed by atoms with Gasteiger partial charge in [-0.1, -0.05) is 18.2 Å². The topological polar surface area (TPSA) is 67.4 Å². The van der Waals surface area contributed by atoms with Crippen LogP contribution >= 0.6 is 11.8 Å². The van der Waals surface area contributed by atoms with Gasteiger partial charge in [-0.3, -0.25) is 20.4 Å². The van der Waals surface area contributed by atoms with Crippen LogP contribution in [0, 0.1) is 12.7 Å². The van der Waals surface area contributed by atoms with E-state index in [0.717, 1.165) is 10.5 Å². The van der Waals surface area contributed by atoms with Gasteiger partial charge in [0.05, 0.1) is 5.75 Å². The van der Waals surface area contributed by atoms with Crippen molar-refractivity contribution in [3.8, 4) is 5.75 Å². The van der Waals surface area contributed by atoms with Crippen molar-refractivity contribution >= 4 is 23.6 Å². The Morgan fingerprint density at radius 3 is 2.48 bits per heavy atom. The molecule has 2 amide bonds. The fourth-order valence-corrected chi connectivity index (χ4v) is 2.73. The Kier molecular flexibility index (Phi) is 6.82. The molecule has 0 fully saturated rings. The van der Waals surface area contributed by atoms with Gasteiger partial charge in [0.2, 0.25) is 5.91 Å². The van der Waals surface area contributed by atoms with Crippen molar-refractivity contribution in [2.45, 2.75) is 24.8 Å². The van der Waals surface area contributed by atoms with Gasteiger partial charge in [-0.25, -0.2) is 4.39 Å². The van der Waals surface area contributed by atoms with Crippen LogP contribution in [0.1, 0.15) is 12.5 Å². The van der Waals surface area contributed by atoms with Crippen LogP contribution in [-0.4, -0.2) is 23.7 Å². The Morgan fingerprint density at radius 2 is 1.80 bits per heavy atom. The Labute approximate surface area is 149 Å². The number of nitrogens with one attached hydrogen (secondary N) is 2. The minimum absolute atomic E-state index is 0.179. The van der Waals surface area contributed by atoms with E-state index in [4.69, 9.17) is 4.74 Å². The highest BCUT2D eigenvalue weighted by Gasteiger charge is 2.15. The summed E-state index contributed by atoms with van der Waals surface area (Å²) in [7, 11) is 0. The molecule has 2 aromatic carbocycles. The molecule has 2 N–H and O–H groups in total. The Balaban J connectivity index is 1.74. The van der Waals surface area contributed by atoms with Crippen LogP contribution in [0.5, 0.6) is 5.75 Å². The number of hydrogen-bond acceptors (Lipinski definition) is 4. The summed E-state index contributed by atoms with van der Waals surface area (Å²) < 4.78 is 18.2. The zero-order chi connectivity index (χ0) is 18.2. The van der Waals surface area contributed by atoms with E-state index in [9.17, 15) is 14.0 Å². The zero-order valence-electron chi connectivity index (χ0n) is 13.9. The van der Waals surface area contributed by atoms with Crippen LogP contribution < -0.4 is 15.6 Å². The van der Waals surface area contributed by atoms with Crippen molar-refractivity contribution in [1.29, 1.82) is 0 Å². The molecule has 2 aromatic rings. The number of benzene rings is 2. The summed E-state index contributed by atoms with van der Waals surface area (Å²) in [6, 6.07) is 13.1. The van der Waals surface area contributed by atoms with E-state index < -0.39 is 12.0 Å². The second-order valence-corrected chi connectivity index (χ2v) is 6.32. The van der Waals surface area contributed by atoms with Crippen LogP contribution in [0.15, 0.2) is 53.4 Å². The molecule has 0 aliphatic heterocycles. The summed E-state index contributed by atoms with van der Waals surface area (Å²) in [6.07, 6.45) is -0.838. The zero-order valence-corrected chi connectivity index (χ0v) is 14.7. The van der Waals surface area contributed by atoms with E-state index in [1.54, 1.807) is 0 Å². The number of carbonyl (C=O) groups excluding carboxylic acids is 2. The van der Waals surface area contributed by atoms with Gasteiger partial charge < -0.3 is 4.74 Å². The van der Waals surface area contributed by atoms with Crippen molar-refractivity contribution in [3.63, 3.8) is 0 Å². The molecule has 0 bridgehead atoms. The van der Waals surface area contributed by atoms with Crippen LogP contribution in [0.25, 0.3) is 0 Å². The summed E-state index contributed by atoms with van der Waals surface area (Å²) in [5.41, 5.74) is 5.75. The summed E-state index contributed by atoms with van der Waals surface area (Å²) in [5, 5.41) is 0. The average Bonchev–Trinajstić information content (AvgIpc) is 2.60. The molecule has 0 radical (unpaired) electrons. The van der Waals surface area contributed by atoms with E-state index in [2.05, 4.69) is 10.9 Å². The SMILES string of the molecule is Cc1ccccc1SCC(=O)NNC(=O)C(C)Oc1ccc(F)cc1. The Hall–Kier alpha value is -2.54. The number of amides is 2. The fraction of sp³-hybridized carbons (Fsp3) is 0.222. The van der Waals surface area contributed by atoms with Gasteiger partial charge in [0.25, 0.3) is 5.91 Å². The molecular formula is C18H19FN2O3S. The van der Waals surface area contributed by atoms with E-state index in [1.165, 1.54) is 43.0 Å². The van der Waals surface area contributed by atoms with Crippen molar-refractivity contribution in [2.75, 3.05) is 5.75 Å². The highest BCUT2D eigenvalue weighted by Crippen LogP contribution is 2.21. The van der Waals surface area contributed by atoms with Gasteiger partial charge in [0.1, 0.15) is 11.6 Å². The van der Waals surface area contributed by atoms with Gasteiger partial charge in [-0.15, -0.1) is 11.8 Å². The molecule has 0 heterocycles. The van der Waals surface area contributed by atoms with Crippen LogP contribution in [0.3, 0.4) is 0 Å². The summed E-state index contributed by atoms with van der Waals surface area (Å²) in [4.78, 5) is 24.7. The molecule has 25 heavy (non-hydrogen) atoms. The molecule has 0 saturated heterocycles. The molecule has 0 aliphatic rings. The van der Waals surface area contributed by atoms with Crippen molar-refractivity contribution in [1.82, 2.24) is 10.9 Å². The van der Waals surface area contributed by atoms with Gasteiger partial charge in [-0.05, 0) is 49.7 Å². The molecule has 1 unspecified atom stereocenters. The third-order valence-electron chi connectivity index (χ3n) is 3.27. The minimum Gasteiger partial charge on any atom is -0.481 e. The smallest absolute Gasteiger partial charge is 0.279 e. The number of hydrazine groups is 1. The second-order valence-electron chi connectivity index (χ2n) is 5.31. The molecule has 0 aliphatic carbocycles. The summed E-state index contributed by atoms with van der Waals surface area (Å²) in [6.45, 7) is 3.50. The van der Waals surface area contributed by atoms with E-state index in [-0.39, 0.29) is 17.5 Å². The van der Waals surface area contributed by atoms with E-state index in [0.29, 0.717) is 5.75 Å². The quantitative estimate of drug-likeness (QED) is 0.613. The van der Waals surface area contributed by atoms with Gasteiger partial charge in [0.15, 0.2) is 6.10 Å². The lowest BCUT2D eigenvalue weighted by molar-refractivity contribution is -0.131. The molecule has 0 spiro atoms. The molecule has 7 heteroatoms. The third-order valence-corrected chi connectivity index (χ3v) is 4.45. The van der Waals surface area contributed by atoms with Gasteiger partial charge in [0, 0.05) is 4.90 Å². The standard InChI is InChI=1S/C18H19FN2O3S/c1-12-5-3-4-6-16(12)25-11-17(22)20-21-18(23)13(2)24-15-9-7-14(19)8-10-15/h3-10,13H,11H2,1-2H3,(H,20,22)(H,21,23). The number of rotatable bonds is 6. The van der Waals surface area contributed by atoms with Crippen molar-refractivity contribution < 1.29 is 18.7 Å². The maximum absolute atomic E-state index is 12.8. The second kappa shape index (κ2) is 9.08. The maximum atomic E-state index is 12.8. The van der Waals surface area contributed by atoms with Gasteiger partial charge >= 0.3 is 0 Å². The molecule has 0 aromatic heterocycles. The predicted octanol–water partition coefficient (Wildman–Crippen LogP) is 2.84. The molecule has 0 saturated carbocycles. The normalized spacial score (nSPS) is 11.5. The Morgan fingerprint density at radius 1 is 1.12 bits per heavy atom. The minimum atomic E-state index is -0.838. The van der Waals surface area contributed by atoms with Crippen molar-refractivity contribution in [2.24, 2.45) is 0 Å². The first-order chi connectivity index (χ1) is 12.0. The summed E-state index contributed by atoms with van der Waals surface area (Å²) >= 11 is 1.39. The first-order valence-electron chi connectivity index (χ1n) is 7.65. The first-order valence-corrected chi connectivity index (χ1v) is 8.63. The fourth-order valence-electron chi connectivity index (χ4n) is 1.90. The number of carbonyl (C=O) groups is 2. The highest BCUT2D eigenvalue weighted by atomic mass is 32.2. The maximum Gasteiger partial charge on any atom is 0.279 e. The molecule has 2 rings (SSSR count). The lowest BCUT2D eigenvalue weighted by Crippen LogP contribution is -2.47. The monoisotopic (exact) mass is 362 g/mol. The first kappa shape index (κ1) is 18.8. The summed E-state index contributed by atoms with van der Waals surface area (Å²) in [5.74, 6) is -0.666. The molecule has 1 atom stereocenters. The number of ether oxygens (including phenoxy) is 1. The number of aryl methyl sites for hydroxylation is 1. The number of halogens is 1. The average molecular weight is 362 g/mol. The van der Waals surface area contributed by atoms with Crippen LogP contribution in [-0.2, 0) is 9.59 Å². The number of hydrogen-bond donors (Lipinski definition) is 2. The van der Waals surface area contributed by atoms with Gasteiger partial charge in [-0.2, -0.15) is 0 Å². The van der Waals surface area contributed by atoms with Crippen LogP contribution in [0.4, 0.5) is 4.39 Å². The van der Waals surface area contributed by atoms with E-state index in [1.807, 2.05) is 31.2 Å². The molecule has 132 valence electrons. The largest absolute Gasteiger partial charge is 0.481 e. The Bertz CT molecular complexity index is 737. The lowest BCUT2D eigenvalue weighted by Gasteiger charge is -2.15. The third kappa shape index (κ3) is 6.11. The number of thioether (sulfide) groups is 1. The molecule has 5 nitrogen and oxygen atoms in total. The highest BCUT2D eigenvalue weighted by molar-refractivity contribution is 8.00.